The third-order valence-electron chi connectivity index (χ3n) is 2.25. The predicted octanol–water partition coefficient (Wildman–Crippen LogP) is 1.76. The Hall–Kier alpha value is -1.71. The highest BCUT2D eigenvalue weighted by Gasteiger charge is 2.41. The van der Waals surface area contributed by atoms with Crippen molar-refractivity contribution in [1.29, 1.82) is 5.39 Å². The summed E-state index contributed by atoms with van der Waals surface area (Å²) in [5.41, 5.74) is 0.0678. The van der Waals surface area contributed by atoms with Gasteiger partial charge in [-0.1, -0.05) is 30.3 Å². The molecule has 0 spiro atoms. The molecule has 102 valence electrons. The lowest BCUT2D eigenvalue weighted by Crippen LogP contribution is -2.17. The van der Waals surface area contributed by atoms with Crippen LogP contribution in [-0.2, 0) is 25.2 Å². The molecule has 19 heavy (non-hydrogen) atoms. The first-order valence-electron chi connectivity index (χ1n) is 5.24. The summed E-state index contributed by atoms with van der Waals surface area (Å²) in [6.45, 7) is -0.0217. The van der Waals surface area contributed by atoms with Gasteiger partial charge in [-0.25, -0.2) is 4.79 Å². The molecule has 0 saturated carbocycles. The highest BCUT2D eigenvalue weighted by atomic mass is 31.2. The van der Waals surface area contributed by atoms with Gasteiger partial charge in [0.2, 0.25) is 5.39 Å². The molecular formula is C11H14N2O5P+. The summed E-state index contributed by atoms with van der Waals surface area (Å²) in [6.07, 6.45) is 0. The predicted molar refractivity (Wildman–Crippen MR) is 69.5 cm³/mol. The first-order valence-corrected chi connectivity index (χ1v) is 6.82. The minimum Gasteiger partial charge on any atom is -0.452 e. The molecule has 1 aromatic carbocycles. The van der Waals surface area contributed by atoms with Gasteiger partial charge in [0.15, 0.2) is 4.98 Å². The van der Waals surface area contributed by atoms with Crippen molar-refractivity contribution >= 4 is 19.0 Å². The van der Waals surface area contributed by atoms with Crippen LogP contribution in [0.2, 0.25) is 0 Å². The van der Waals surface area contributed by atoms with E-state index in [2.05, 4.69) is 14.0 Å². The summed E-state index contributed by atoms with van der Waals surface area (Å²) in [5.74, 6) is -1.01. The Morgan fingerprint density at radius 1 is 1.32 bits per heavy atom. The van der Waals surface area contributed by atoms with Gasteiger partial charge in [0.25, 0.3) is 0 Å². The van der Waals surface area contributed by atoms with Crippen LogP contribution in [0.25, 0.3) is 4.98 Å². The third-order valence-corrected chi connectivity index (χ3v) is 4.05. The number of hydrogen-bond acceptors (Lipinski definition) is 6. The van der Waals surface area contributed by atoms with Gasteiger partial charge < -0.3 is 18.7 Å². The Morgan fingerprint density at radius 3 is 2.37 bits per heavy atom. The number of benzene rings is 1. The van der Waals surface area contributed by atoms with Gasteiger partial charge in [0, 0.05) is 14.2 Å². The Balaban J connectivity index is 2.85. The maximum atomic E-state index is 11.7. The topological polar surface area (TPSA) is 93.1 Å². The molecular weight excluding hydrogens is 271 g/mol. The van der Waals surface area contributed by atoms with Gasteiger partial charge in [-0.05, 0) is 5.56 Å². The fourth-order valence-electron chi connectivity index (χ4n) is 1.25. The van der Waals surface area contributed by atoms with Crippen LogP contribution in [0.5, 0.6) is 0 Å². The molecule has 8 heteroatoms. The van der Waals surface area contributed by atoms with E-state index in [4.69, 9.17) is 10.1 Å². The molecule has 0 aromatic heterocycles. The summed E-state index contributed by atoms with van der Waals surface area (Å²) in [4.78, 5) is 24.2. The first-order chi connectivity index (χ1) is 9.07. The van der Waals surface area contributed by atoms with E-state index < -0.39 is 19.0 Å². The maximum Gasteiger partial charge on any atom is 0.537 e. The van der Waals surface area contributed by atoms with E-state index >= 15 is 0 Å². The van der Waals surface area contributed by atoms with Crippen LogP contribution < -0.4 is 0 Å². The molecule has 1 N–H and O–H groups in total. The monoisotopic (exact) mass is 285 g/mol. The van der Waals surface area contributed by atoms with E-state index in [1.807, 2.05) is 6.07 Å². The molecule has 0 heterocycles. The highest BCUT2D eigenvalue weighted by molar-refractivity contribution is 7.64. The summed E-state index contributed by atoms with van der Waals surface area (Å²) in [7, 11) is -1.43. The molecule has 0 aliphatic carbocycles. The van der Waals surface area contributed by atoms with Crippen molar-refractivity contribution in [3.05, 3.63) is 40.9 Å². The Bertz CT molecular complexity index is 530. The van der Waals surface area contributed by atoms with Crippen molar-refractivity contribution < 1.29 is 23.5 Å². The fraction of sp³-hybridized carbons (Fsp3) is 0.273. The average molecular weight is 285 g/mol. The number of rotatable bonds is 5. The van der Waals surface area contributed by atoms with E-state index in [9.17, 15) is 9.69 Å². The summed E-state index contributed by atoms with van der Waals surface area (Å²) in [5, 5.41) is 8.79. The standard InChI is InChI=1S/C11H13N2O5P/c1-16-19(15,17-2)10(13-12)11(14)18-8-9-6-4-3-5-7-9/h3-7H,8H2,1-2H3/p+1. The number of nitrogens with zero attached hydrogens (tertiary/aromatic N) is 2. The Morgan fingerprint density at radius 2 is 1.89 bits per heavy atom. The molecule has 0 saturated heterocycles. The van der Waals surface area contributed by atoms with Crippen LogP contribution in [-0.4, -0.2) is 30.5 Å². The highest BCUT2D eigenvalue weighted by Crippen LogP contribution is 2.45. The number of ether oxygens (including phenoxy) is 1. The number of diazo groups is 1. The minimum absolute atomic E-state index is 0.0217. The SMILES string of the molecule is COP(O)(OC)=C([N+]#N)C(=O)OCc1ccccc1. The van der Waals surface area contributed by atoms with E-state index in [1.165, 1.54) is 0 Å². The molecule has 0 radical (unpaired) electrons. The van der Waals surface area contributed by atoms with Crippen molar-refractivity contribution in [2.45, 2.75) is 6.61 Å². The number of esters is 1. The van der Waals surface area contributed by atoms with Crippen LogP contribution in [0.3, 0.4) is 0 Å². The van der Waals surface area contributed by atoms with Crippen LogP contribution in [0.1, 0.15) is 5.56 Å². The van der Waals surface area contributed by atoms with Crippen molar-refractivity contribution in [3.63, 3.8) is 0 Å². The molecule has 0 aliphatic rings. The lowest BCUT2D eigenvalue weighted by Gasteiger charge is -2.10. The molecule has 0 atom stereocenters. The Kier molecular flexibility index (Phi) is 5.67. The largest absolute Gasteiger partial charge is 0.537 e. The smallest absolute Gasteiger partial charge is 0.452 e. The second kappa shape index (κ2) is 7.02. The molecule has 1 aromatic rings. The average Bonchev–Trinajstić information content (AvgIpc) is 2.46. The number of carbonyl (C=O) groups is 1. The summed E-state index contributed by atoms with van der Waals surface area (Å²) >= 11 is 0. The molecule has 7 nitrogen and oxygen atoms in total. The number of carbonyl (C=O) groups excluding carboxylic acids is 1. The lowest BCUT2D eigenvalue weighted by atomic mass is 10.2. The van der Waals surface area contributed by atoms with Crippen molar-refractivity contribution in [2.75, 3.05) is 14.2 Å². The van der Waals surface area contributed by atoms with E-state index in [1.54, 1.807) is 24.3 Å². The van der Waals surface area contributed by atoms with E-state index in [0.717, 1.165) is 19.8 Å². The van der Waals surface area contributed by atoms with Crippen LogP contribution >= 0.6 is 7.57 Å². The third kappa shape index (κ3) is 3.88. The van der Waals surface area contributed by atoms with Crippen LogP contribution in [0.4, 0.5) is 0 Å². The van der Waals surface area contributed by atoms with E-state index in [0.29, 0.717) is 0 Å². The molecule has 1 rings (SSSR count). The molecule has 0 bridgehead atoms. The Labute approximate surface area is 110 Å². The second-order valence-electron chi connectivity index (χ2n) is 3.37. The van der Waals surface area contributed by atoms with Crippen molar-refractivity contribution in [3.8, 4) is 0 Å². The normalized spacial score (nSPS) is 10.6. The van der Waals surface area contributed by atoms with Gasteiger partial charge in [0.05, 0.1) is 0 Å². The van der Waals surface area contributed by atoms with Gasteiger partial charge in [0.1, 0.15) is 6.61 Å². The summed E-state index contributed by atoms with van der Waals surface area (Å²) in [6, 6.07) is 8.93. The zero-order chi connectivity index (χ0) is 14.3. The van der Waals surface area contributed by atoms with Crippen LogP contribution in [0, 0.1) is 5.39 Å². The molecule has 0 fully saturated rings. The van der Waals surface area contributed by atoms with Gasteiger partial charge in [-0.3, -0.25) is 0 Å². The molecule has 0 aliphatic heterocycles. The second-order valence-corrected chi connectivity index (χ2v) is 5.57. The zero-order valence-corrected chi connectivity index (χ0v) is 11.4. The maximum absolute atomic E-state index is 11.7. The fourth-order valence-corrected chi connectivity index (χ4v) is 2.15. The van der Waals surface area contributed by atoms with Gasteiger partial charge >= 0.3 is 19.0 Å². The molecule has 0 amide bonds. The first kappa shape index (κ1) is 15.3. The lowest BCUT2D eigenvalue weighted by molar-refractivity contribution is -0.136. The molecule has 0 unspecified atom stereocenters. The van der Waals surface area contributed by atoms with Gasteiger partial charge in [-0.15, -0.1) is 0 Å². The number of hydrogen-bond donors (Lipinski definition) is 1. The van der Waals surface area contributed by atoms with Crippen molar-refractivity contribution in [2.24, 2.45) is 0 Å². The van der Waals surface area contributed by atoms with Gasteiger partial charge in [-0.2, -0.15) is 0 Å². The summed E-state index contributed by atoms with van der Waals surface area (Å²) < 4.78 is 14.2. The quantitative estimate of drug-likeness (QED) is 0.503. The van der Waals surface area contributed by atoms with Crippen molar-refractivity contribution in [1.82, 2.24) is 0 Å². The minimum atomic E-state index is -3.69. The van der Waals surface area contributed by atoms with E-state index in [-0.39, 0.29) is 6.61 Å². The zero-order valence-electron chi connectivity index (χ0n) is 10.5. The van der Waals surface area contributed by atoms with Crippen LogP contribution in [0.15, 0.2) is 30.3 Å².